The Morgan fingerprint density at radius 1 is 1.18 bits per heavy atom. The highest BCUT2D eigenvalue weighted by Crippen LogP contribution is 2.24. The van der Waals surface area contributed by atoms with Crippen LogP contribution in [0.5, 0.6) is 5.75 Å². The minimum Gasteiger partial charge on any atom is -0.497 e. The number of alkyl halides is 1. The van der Waals surface area contributed by atoms with Gasteiger partial charge in [0.25, 0.3) is 0 Å². The van der Waals surface area contributed by atoms with Gasteiger partial charge < -0.3 is 4.74 Å². The Kier molecular flexibility index (Phi) is 4.09. The van der Waals surface area contributed by atoms with Crippen LogP contribution in [-0.4, -0.2) is 17.1 Å². The summed E-state index contributed by atoms with van der Waals surface area (Å²) in [5.74, 6) is 1.68. The molecule has 88 valence electrons. The van der Waals surface area contributed by atoms with E-state index in [-0.39, 0.29) is 4.83 Å². The molecule has 1 atom stereocenters. The van der Waals surface area contributed by atoms with Gasteiger partial charge in [-0.3, -0.25) is 0 Å². The number of ether oxygens (including phenoxy) is 1. The third kappa shape index (κ3) is 3.27. The van der Waals surface area contributed by atoms with Crippen molar-refractivity contribution < 1.29 is 4.74 Å². The molecule has 0 aliphatic carbocycles. The molecule has 0 aliphatic rings. The fourth-order valence-electron chi connectivity index (χ4n) is 1.53. The molecule has 4 heteroatoms. The van der Waals surface area contributed by atoms with Crippen molar-refractivity contribution in [1.82, 2.24) is 9.97 Å². The van der Waals surface area contributed by atoms with Crippen molar-refractivity contribution in [3.8, 4) is 5.75 Å². The third-order valence-corrected chi connectivity index (χ3v) is 3.17. The molecule has 1 heterocycles. The van der Waals surface area contributed by atoms with Crippen LogP contribution in [0.1, 0.15) is 16.2 Å². The molecule has 2 rings (SSSR count). The lowest BCUT2D eigenvalue weighted by molar-refractivity contribution is 0.414. The lowest BCUT2D eigenvalue weighted by Crippen LogP contribution is -2.00. The summed E-state index contributed by atoms with van der Waals surface area (Å²) in [6, 6.07) is 9.84. The first-order valence-corrected chi connectivity index (χ1v) is 6.25. The summed E-state index contributed by atoms with van der Waals surface area (Å²) in [5.41, 5.74) is 1.22. The molecule has 1 aromatic heterocycles. The second-order valence-corrected chi connectivity index (χ2v) is 4.73. The van der Waals surface area contributed by atoms with Crippen LogP contribution in [0.4, 0.5) is 0 Å². The molecule has 0 bridgehead atoms. The van der Waals surface area contributed by atoms with E-state index in [0.717, 1.165) is 18.0 Å². The first kappa shape index (κ1) is 12.0. The van der Waals surface area contributed by atoms with Gasteiger partial charge in [0.05, 0.1) is 11.9 Å². The number of benzene rings is 1. The van der Waals surface area contributed by atoms with E-state index in [4.69, 9.17) is 4.74 Å². The summed E-state index contributed by atoms with van der Waals surface area (Å²) in [5, 5.41) is 0. The zero-order valence-corrected chi connectivity index (χ0v) is 11.1. The predicted octanol–water partition coefficient (Wildman–Crippen LogP) is 3.16. The summed E-state index contributed by atoms with van der Waals surface area (Å²) < 4.78 is 5.12. The zero-order valence-electron chi connectivity index (χ0n) is 9.51. The van der Waals surface area contributed by atoms with Crippen molar-refractivity contribution in [2.45, 2.75) is 11.2 Å². The Morgan fingerprint density at radius 2 is 1.82 bits per heavy atom. The minimum absolute atomic E-state index is 0.136. The summed E-state index contributed by atoms with van der Waals surface area (Å²) >= 11 is 3.60. The predicted molar refractivity (Wildman–Crippen MR) is 70.4 cm³/mol. The monoisotopic (exact) mass is 292 g/mol. The Labute approximate surface area is 109 Å². The number of rotatable bonds is 4. The highest BCUT2D eigenvalue weighted by atomic mass is 79.9. The maximum absolute atomic E-state index is 5.12. The van der Waals surface area contributed by atoms with Gasteiger partial charge in [-0.25, -0.2) is 9.97 Å². The first-order valence-electron chi connectivity index (χ1n) is 5.33. The smallest absolute Gasteiger partial charge is 0.142 e. The quantitative estimate of drug-likeness (QED) is 0.812. The highest BCUT2D eigenvalue weighted by molar-refractivity contribution is 9.09. The van der Waals surface area contributed by atoms with E-state index in [2.05, 4.69) is 38.0 Å². The molecular formula is C13H13BrN2O. The van der Waals surface area contributed by atoms with Crippen LogP contribution < -0.4 is 4.74 Å². The number of halogens is 1. The molecule has 0 aliphatic heterocycles. The molecule has 2 aromatic rings. The molecule has 0 saturated carbocycles. The topological polar surface area (TPSA) is 35.0 Å². The average Bonchev–Trinajstić information content (AvgIpc) is 2.40. The Hall–Kier alpha value is -1.42. The van der Waals surface area contributed by atoms with Gasteiger partial charge in [-0.05, 0) is 30.2 Å². The molecule has 17 heavy (non-hydrogen) atoms. The third-order valence-electron chi connectivity index (χ3n) is 2.44. The molecule has 0 radical (unpaired) electrons. The van der Waals surface area contributed by atoms with E-state index in [1.54, 1.807) is 19.5 Å². The van der Waals surface area contributed by atoms with Gasteiger partial charge in [-0.1, -0.05) is 28.1 Å². The Balaban J connectivity index is 2.05. The van der Waals surface area contributed by atoms with Gasteiger partial charge >= 0.3 is 0 Å². The van der Waals surface area contributed by atoms with Crippen molar-refractivity contribution in [3.63, 3.8) is 0 Å². The summed E-state index contributed by atoms with van der Waals surface area (Å²) in [4.78, 5) is 8.59. The maximum Gasteiger partial charge on any atom is 0.142 e. The molecule has 0 amide bonds. The molecule has 0 fully saturated rings. The largest absolute Gasteiger partial charge is 0.497 e. The lowest BCUT2D eigenvalue weighted by Gasteiger charge is -2.08. The molecular weight excluding hydrogens is 280 g/mol. The molecule has 0 spiro atoms. The van der Waals surface area contributed by atoms with E-state index in [1.165, 1.54) is 5.56 Å². The highest BCUT2D eigenvalue weighted by Gasteiger charge is 2.10. The fraction of sp³-hybridized carbons (Fsp3) is 0.231. The summed E-state index contributed by atoms with van der Waals surface area (Å²) in [6.45, 7) is 0. The van der Waals surface area contributed by atoms with E-state index in [0.29, 0.717) is 0 Å². The molecule has 1 unspecified atom stereocenters. The summed E-state index contributed by atoms with van der Waals surface area (Å²) in [6.07, 6.45) is 4.36. The SMILES string of the molecule is COc1ccc(CC(Br)c2ncccn2)cc1. The van der Waals surface area contributed by atoms with Crippen molar-refractivity contribution in [2.24, 2.45) is 0 Å². The van der Waals surface area contributed by atoms with E-state index < -0.39 is 0 Å². The first-order chi connectivity index (χ1) is 8.29. The second kappa shape index (κ2) is 5.77. The number of methoxy groups -OCH3 is 1. The van der Waals surface area contributed by atoms with Crippen LogP contribution in [0.25, 0.3) is 0 Å². The van der Waals surface area contributed by atoms with Crippen LogP contribution >= 0.6 is 15.9 Å². The van der Waals surface area contributed by atoms with Gasteiger partial charge in [0.1, 0.15) is 11.6 Å². The molecule has 0 saturated heterocycles. The van der Waals surface area contributed by atoms with Crippen LogP contribution in [0, 0.1) is 0 Å². The van der Waals surface area contributed by atoms with E-state index >= 15 is 0 Å². The zero-order chi connectivity index (χ0) is 12.1. The number of nitrogens with zero attached hydrogens (tertiary/aromatic N) is 2. The average molecular weight is 293 g/mol. The Morgan fingerprint density at radius 3 is 2.41 bits per heavy atom. The van der Waals surface area contributed by atoms with Gasteiger partial charge in [0, 0.05) is 12.4 Å². The van der Waals surface area contributed by atoms with Crippen LogP contribution in [-0.2, 0) is 6.42 Å². The van der Waals surface area contributed by atoms with E-state index in [1.807, 2.05) is 18.2 Å². The van der Waals surface area contributed by atoms with Gasteiger partial charge in [-0.2, -0.15) is 0 Å². The standard InChI is InChI=1S/C13H13BrN2O/c1-17-11-5-3-10(4-6-11)9-12(14)13-15-7-2-8-16-13/h2-8,12H,9H2,1H3. The number of hydrogen-bond acceptors (Lipinski definition) is 3. The Bertz CT molecular complexity index is 459. The fourth-order valence-corrected chi connectivity index (χ4v) is 2.14. The molecule has 1 aromatic carbocycles. The van der Waals surface area contributed by atoms with Crippen LogP contribution in [0.2, 0.25) is 0 Å². The normalized spacial score (nSPS) is 12.1. The van der Waals surface area contributed by atoms with E-state index in [9.17, 15) is 0 Å². The van der Waals surface area contributed by atoms with Gasteiger partial charge in [0.2, 0.25) is 0 Å². The number of hydrogen-bond donors (Lipinski definition) is 0. The van der Waals surface area contributed by atoms with Crippen molar-refractivity contribution in [2.75, 3.05) is 7.11 Å². The van der Waals surface area contributed by atoms with Crippen molar-refractivity contribution in [1.29, 1.82) is 0 Å². The maximum atomic E-state index is 5.12. The molecule has 3 nitrogen and oxygen atoms in total. The minimum atomic E-state index is 0.136. The van der Waals surface area contributed by atoms with Crippen LogP contribution in [0.3, 0.4) is 0 Å². The van der Waals surface area contributed by atoms with Gasteiger partial charge in [0.15, 0.2) is 0 Å². The lowest BCUT2D eigenvalue weighted by atomic mass is 10.1. The van der Waals surface area contributed by atoms with Crippen molar-refractivity contribution >= 4 is 15.9 Å². The number of aromatic nitrogens is 2. The molecule has 0 N–H and O–H groups in total. The van der Waals surface area contributed by atoms with Crippen LogP contribution in [0.15, 0.2) is 42.7 Å². The van der Waals surface area contributed by atoms with Gasteiger partial charge in [-0.15, -0.1) is 0 Å². The van der Waals surface area contributed by atoms with Crippen molar-refractivity contribution in [3.05, 3.63) is 54.1 Å². The second-order valence-electron chi connectivity index (χ2n) is 3.63. The summed E-state index contributed by atoms with van der Waals surface area (Å²) in [7, 11) is 1.67.